The van der Waals surface area contributed by atoms with E-state index in [1.54, 1.807) is 0 Å². The Labute approximate surface area is 73.3 Å². The van der Waals surface area contributed by atoms with Crippen LogP contribution in [-0.4, -0.2) is 5.11 Å². The Morgan fingerprint density at radius 2 is 1.83 bits per heavy atom. The van der Waals surface area contributed by atoms with Crippen molar-refractivity contribution in [3.05, 3.63) is 48.6 Å². The topological polar surface area (TPSA) is 46.2 Å². The SMILES string of the molecule is C=C.NCc1cccc(CO)c1. The Hall–Kier alpha value is -1.12. The van der Waals surface area contributed by atoms with Crippen LogP contribution < -0.4 is 5.73 Å². The van der Waals surface area contributed by atoms with Gasteiger partial charge in [-0.3, -0.25) is 0 Å². The quantitative estimate of drug-likeness (QED) is 0.651. The van der Waals surface area contributed by atoms with Crippen molar-refractivity contribution in [3.63, 3.8) is 0 Å². The molecule has 0 fully saturated rings. The highest BCUT2D eigenvalue weighted by molar-refractivity contribution is 5.22. The summed E-state index contributed by atoms with van der Waals surface area (Å²) in [5, 5.41) is 8.72. The average molecular weight is 165 g/mol. The molecule has 3 N–H and O–H groups in total. The van der Waals surface area contributed by atoms with E-state index < -0.39 is 0 Å². The Morgan fingerprint density at radius 1 is 1.25 bits per heavy atom. The van der Waals surface area contributed by atoms with Crippen LogP contribution in [0.2, 0.25) is 0 Å². The predicted molar refractivity (Wildman–Crippen MR) is 51.5 cm³/mol. The zero-order valence-electron chi connectivity index (χ0n) is 7.16. The molecule has 0 radical (unpaired) electrons. The highest BCUT2D eigenvalue weighted by atomic mass is 16.3. The highest BCUT2D eigenvalue weighted by Gasteiger charge is 1.90. The van der Waals surface area contributed by atoms with Crippen molar-refractivity contribution in [2.24, 2.45) is 5.73 Å². The van der Waals surface area contributed by atoms with Crippen LogP contribution in [0.5, 0.6) is 0 Å². The monoisotopic (exact) mass is 165 g/mol. The Morgan fingerprint density at radius 3 is 2.33 bits per heavy atom. The summed E-state index contributed by atoms with van der Waals surface area (Å²) in [4.78, 5) is 0. The maximum Gasteiger partial charge on any atom is 0.0681 e. The largest absolute Gasteiger partial charge is 0.392 e. The van der Waals surface area contributed by atoms with Crippen LogP contribution in [0.25, 0.3) is 0 Å². The molecule has 0 saturated carbocycles. The van der Waals surface area contributed by atoms with Crippen molar-refractivity contribution >= 4 is 0 Å². The summed E-state index contributed by atoms with van der Waals surface area (Å²) in [6.45, 7) is 6.63. The van der Waals surface area contributed by atoms with Gasteiger partial charge in [-0.15, -0.1) is 13.2 Å². The van der Waals surface area contributed by atoms with E-state index in [1.165, 1.54) is 0 Å². The van der Waals surface area contributed by atoms with Crippen LogP contribution in [0.3, 0.4) is 0 Å². The standard InChI is InChI=1S/C8H11NO.C2H4/c9-5-7-2-1-3-8(4-7)6-10;1-2/h1-4,10H,5-6,9H2;1-2H2. The van der Waals surface area contributed by atoms with Crippen LogP contribution in [0.1, 0.15) is 11.1 Å². The first-order valence-corrected chi connectivity index (χ1v) is 3.75. The molecule has 0 atom stereocenters. The van der Waals surface area contributed by atoms with Gasteiger partial charge in [-0.2, -0.15) is 0 Å². The molecule has 2 heteroatoms. The van der Waals surface area contributed by atoms with Gasteiger partial charge in [-0.1, -0.05) is 24.3 Å². The average Bonchev–Trinajstić information content (AvgIpc) is 2.21. The fourth-order valence-electron chi connectivity index (χ4n) is 0.855. The molecular formula is C10H15NO. The second kappa shape index (κ2) is 6.58. The van der Waals surface area contributed by atoms with Gasteiger partial charge in [0.25, 0.3) is 0 Å². The Bertz CT molecular complexity index is 204. The van der Waals surface area contributed by atoms with Gasteiger partial charge in [0.05, 0.1) is 6.61 Å². The molecule has 0 bridgehead atoms. The Kier molecular flexibility index (Phi) is 5.97. The number of aliphatic hydroxyl groups excluding tert-OH is 1. The Balaban J connectivity index is 0.000000561. The number of hydrogen-bond acceptors (Lipinski definition) is 2. The van der Waals surface area contributed by atoms with E-state index in [1.807, 2.05) is 24.3 Å². The van der Waals surface area contributed by atoms with Crippen LogP contribution in [0.15, 0.2) is 37.4 Å². The van der Waals surface area contributed by atoms with Crippen LogP contribution in [0.4, 0.5) is 0 Å². The summed E-state index contributed by atoms with van der Waals surface area (Å²) in [6.07, 6.45) is 0. The second-order valence-electron chi connectivity index (χ2n) is 2.18. The van der Waals surface area contributed by atoms with Crippen LogP contribution in [0, 0.1) is 0 Å². The molecule has 0 aromatic heterocycles. The van der Waals surface area contributed by atoms with Gasteiger partial charge in [0.1, 0.15) is 0 Å². The second-order valence-corrected chi connectivity index (χ2v) is 2.18. The number of rotatable bonds is 2. The summed E-state index contributed by atoms with van der Waals surface area (Å²) < 4.78 is 0. The molecule has 0 heterocycles. The minimum absolute atomic E-state index is 0.0911. The van der Waals surface area contributed by atoms with Gasteiger partial charge in [0.15, 0.2) is 0 Å². The lowest BCUT2D eigenvalue weighted by Gasteiger charge is -1.98. The maximum absolute atomic E-state index is 8.72. The van der Waals surface area contributed by atoms with Crippen molar-refractivity contribution in [2.45, 2.75) is 13.2 Å². The van der Waals surface area contributed by atoms with Gasteiger partial charge >= 0.3 is 0 Å². The molecule has 0 aliphatic heterocycles. The summed E-state index contributed by atoms with van der Waals surface area (Å²) in [6, 6.07) is 7.62. The molecular weight excluding hydrogens is 150 g/mol. The summed E-state index contributed by atoms with van der Waals surface area (Å²) >= 11 is 0. The van der Waals surface area contributed by atoms with E-state index >= 15 is 0 Å². The zero-order chi connectivity index (χ0) is 9.40. The highest BCUT2D eigenvalue weighted by Crippen LogP contribution is 2.03. The first-order valence-electron chi connectivity index (χ1n) is 3.75. The lowest BCUT2D eigenvalue weighted by atomic mass is 10.1. The van der Waals surface area contributed by atoms with E-state index in [4.69, 9.17) is 10.8 Å². The van der Waals surface area contributed by atoms with Gasteiger partial charge in [-0.05, 0) is 11.1 Å². The molecule has 0 aliphatic rings. The molecule has 0 amide bonds. The lowest BCUT2D eigenvalue weighted by Crippen LogP contribution is -1.96. The van der Waals surface area contributed by atoms with Crippen molar-refractivity contribution < 1.29 is 5.11 Å². The van der Waals surface area contributed by atoms with E-state index in [-0.39, 0.29) is 6.61 Å². The number of benzene rings is 1. The maximum atomic E-state index is 8.72. The molecule has 0 saturated heterocycles. The molecule has 1 rings (SSSR count). The van der Waals surface area contributed by atoms with Crippen molar-refractivity contribution in [1.82, 2.24) is 0 Å². The van der Waals surface area contributed by atoms with E-state index in [0.29, 0.717) is 6.54 Å². The molecule has 1 aromatic rings. The van der Waals surface area contributed by atoms with Crippen molar-refractivity contribution in [1.29, 1.82) is 0 Å². The fraction of sp³-hybridized carbons (Fsp3) is 0.200. The summed E-state index contributed by atoms with van der Waals surface area (Å²) in [5.41, 5.74) is 7.37. The van der Waals surface area contributed by atoms with Crippen LogP contribution >= 0.6 is 0 Å². The number of aliphatic hydroxyl groups is 1. The normalized spacial score (nSPS) is 8.50. The molecule has 0 aliphatic carbocycles. The van der Waals surface area contributed by atoms with Gasteiger partial charge in [0.2, 0.25) is 0 Å². The first-order chi connectivity index (χ1) is 5.86. The van der Waals surface area contributed by atoms with Crippen molar-refractivity contribution in [2.75, 3.05) is 0 Å². The van der Waals surface area contributed by atoms with E-state index in [2.05, 4.69) is 13.2 Å². The van der Waals surface area contributed by atoms with Gasteiger partial charge in [0, 0.05) is 6.54 Å². The predicted octanol–water partition coefficient (Wildman–Crippen LogP) is 1.44. The molecule has 66 valence electrons. The fourth-order valence-corrected chi connectivity index (χ4v) is 0.855. The molecule has 1 aromatic carbocycles. The minimum atomic E-state index is 0.0911. The lowest BCUT2D eigenvalue weighted by molar-refractivity contribution is 0.281. The summed E-state index contributed by atoms with van der Waals surface area (Å²) in [7, 11) is 0. The number of nitrogens with two attached hydrogens (primary N) is 1. The third-order valence-electron chi connectivity index (χ3n) is 1.41. The third kappa shape index (κ3) is 3.32. The van der Waals surface area contributed by atoms with Gasteiger partial charge < -0.3 is 10.8 Å². The third-order valence-corrected chi connectivity index (χ3v) is 1.41. The minimum Gasteiger partial charge on any atom is -0.392 e. The molecule has 2 nitrogen and oxygen atoms in total. The van der Waals surface area contributed by atoms with E-state index in [0.717, 1.165) is 11.1 Å². The summed E-state index contributed by atoms with van der Waals surface area (Å²) in [5.74, 6) is 0. The van der Waals surface area contributed by atoms with Gasteiger partial charge in [-0.25, -0.2) is 0 Å². The van der Waals surface area contributed by atoms with Crippen LogP contribution in [-0.2, 0) is 13.2 Å². The molecule has 0 unspecified atom stereocenters. The van der Waals surface area contributed by atoms with E-state index in [9.17, 15) is 0 Å². The number of hydrogen-bond donors (Lipinski definition) is 2. The smallest absolute Gasteiger partial charge is 0.0681 e. The molecule has 12 heavy (non-hydrogen) atoms. The van der Waals surface area contributed by atoms with Crippen molar-refractivity contribution in [3.8, 4) is 0 Å². The first kappa shape index (κ1) is 10.9. The zero-order valence-corrected chi connectivity index (χ0v) is 7.16. The molecule has 0 spiro atoms.